The Morgan fingerprint density at radius 1 is 1.50 bits per heavy atom. The van der Waals surface area contributed by atoms with Gasteiger partial charge < -0.3 is 10.6 Å². The van der Waals surface area contributed by atoms with Gasteiger partial charge in [-0.25, -0.2) is 13.4 Å². The lowest BCUT2D eigenvalue weighted by atomic mass is 10.2. The number of hydrogen-bond donors (Lipinski definition) is 2. The third kappa shape index (κ3) is 3.23. The number of nitrogens with one attached hydrogen (secondary N) is 2. The molecule has 100 valence electrons. The van der Waals surface area contributed by atoms with Crippen molar-refractivity contribution in [1.82, 2.24) is 9.97 Å². The van der Waals surface area contributed by atoms with Crippen LogP contribution in [0.4, 0.5) is 11.8 Å². The molecule has 0 aromatic carbocycles. The summed E-state index contributed by atoms with van der Waals surface area (Å²) < 4.78 is 23.1. The highest BCUT2D eigenvalue weighted by atomic mass is 35.5. The Labute approximate surface area is 111 Å². The molecule has 2 heterocycles. The molecule has 0 bridgehead atoms. The van der Waals surface area contributed by atoms with E-state index in [1.807, 2.05) is 0 Å². The van der Waals surface area contributed by atoms with Gasteiger partial charge in [0.15, 0.2) is 15.7 Å². The second kappa shape index (κ2) is 5.27. The van der Waals surface area contributed by atoms with Crippen LogP contribution in [-0.4, -0.2) is 43.0 Å². The smallest absolute Gasteiger partial charge is 0.224 e. The molecule has 1 aliphatic heterocycles. The zero-order valence-corrected chi connectivity index (χ0v) is 11.6. The van der Waals surface area contributed by atoms with Crippen LogP contribution in [0.2, 0.25) is 5.02 Å². The number of halogens is 1. The SMILES string of the molecule is CNc1ncc(Cl)c(NC2CCCS(=O)(=O)C2)n1. The Kier molecular flexibility index (Phi) is 3.91. The lowest BCUT2D eigenvalue weighted by Crippen LogP contribution is -2.35. The first-order chi connectivity index (χ1) is 8.50. The van der Waals surface area contributed by atoms with Crippen LogP contribution >= 0.6 is 11.6 Å². The number of hydrogen-bond acceptors (Lipinski definition) is 6. The van der Waals surface area contributed by atoms with E-state index in [1.54, 1.807) is 7.05 Å². The standard InChI is InChI=1S/C10H15ClN4O2S/c1-12-10-13-5-8(11)9(15-10)14-7-3-2-4-18(16,17)6-7/h5,7H,2-4,6H2,1H3,(H2,12,13,14,15). The van der Waals surface area contributed by atoms with Crippen LogP contribution in [0.15, 0.2) is 6.20 Å². The van der Waals surface area contributed by atoms with Crippen molar-refractivity contribution in [3.8, 4) is 0 Å². The van der Waals surface area contributed by atoms with Crippen molar-refractivity contribution in [3.63, 3.8) is 0 Å². The molecule has 0 saturated carbocycles. The largest absolute Gasteiger partial charge is 0.365 e. The molecule has 0 radical (unpaired) electrons. The number of aromatic nitrogens is 2. The van der Waals surface area contributed by atoms with Crippen LogP contribution in [-0.2, 0) is 9.84 Å². The summed E-state index contributed by atoms with van der Waals surface area (Å²) in [4.78, 5) is 8.14. The minimum absolute atomic E-state index is 0.127. The topological polar surface area (TPSA) is 84.0 Å². The number of anilines is 2. The van der Waals surface area contributed by atoms with E-state index in [0.717, 1.165) is 6.42 Å². The molecule has 0 amide bonds. The van der Waals surface area contributed by atoms with Crippen molar-refractivity contribution >= 4 is 33.2 Å². The summed E-state index contributed by atoms with van der Waals surface area (Å²) in [6, 6.07) is -0.138. The van der Waals surface area contributed by atoms with Gasteiger partial charge in [0.1, 0.15) is 5.02 Å². The molecular weight excluding hydrogens is 276 g/mol. The van der Waals surface area contributed by atoms with Gasteiger partial charge in [-0.05, 0) is 12.8 Å². The molecule has 2 rings (SSSR count). The second-order valence-electron chi connectivity index (χ2n) is 4.24. The van der Waals surface area contributed by atoms with Gasteiger partial charge in [0.25, 0.3) is 0 Å². The average Bonchev–Trinajstić information content (AvgIpc) is 2.31. The minimum Gasteiger partial charge on any atom is -0.365 e. The highest BCUT2D eigenvalue weighted by Crippen LogP contribution is 2.23. The summed E-state index contributed by atoms with van der Waals surface area (Å²) in [6.45, 7) is 0. The normalized spacial score (nSPS) is 22.4. The summed E-state index contributed by atoms with van der Waals surface area (Å²) >= 11 is 5.98. The maximum atomic E-state index is 11.5. The van der Waals surface area contributed by atoms with Crippen LogP contribution in [0, 0.1) is 0 Å². The van der Waals surface area contributed by atoms with Crippen LogP contribution in [0.1, 0.15) is 12.8 Å². The first kappa shape index (κ1) is 13.4. The molecule has 0 aliphatic carbocycles. The monoisotopic (exact) mass is 290 g/mol. The van der Waals surface area contributed by atoms with Gasteiger partial charge >= 0.3 is 0 Å². The van der Waals surface area contributed by atoms with Crippen LogP contribution in [0.5, 0.6) is 0 Å². The second-order valence-corrected chi connectivity index (χ2v) is 6.87. The summed E-state index contributed by atoms with van der Waals surface area (Å²) in [5.41, 5.74) is 0. The van der Waals surface area contributed by atoms with E-state index < -0.39 is 9.84 Å². The van der Waals surface area contributed by atoms with Gasteiger partial charge in [-0.3, -0.25) is 0 Å². The summed E-state index contributed by atoms with van der Waals surface area (Å²) in [7, 11) is -1.24. The molecule has 18 heavy (non-hydrogen) atoms. The van der Waals surface area contributed by atoms with E-state index in [0.29, 0.717) is 23.2 Å². The zero-order valence-electron chi connectivity index (χ0n) is 9.98. The molecule has 1 atom stereocenters. The van der Waals surface area contributed by atoms with E-state index in [1.165, 1.54) is 6.20 Å². The van der Waals surface area contributed by atoms with Gasteiger partial charge in [-0.2, -0.15) is 4.98 Å². The lowest BCUT2D eigenvalue weighted by Gasteiger charge is -2.23. The maximum Gasteiger partial charge on any atom is 0.224 e. The number of nitrogens with zero attached hydrogens (tertiary/aromatic N) is 2. The molecule has 6 nitrogen and oxygen atoms in total. The molecule has 1 aromatic heterocycles. The van der Waals surface area contributed by atoms with Crippen molar-refractivity contribution in [3.05, 3.63) is 11.2 Å². The predicted octanol–water partition coefficient (Wildman–Crippen LogP) is 1.16. The van der Waals surface area contributed by atoms with Gasteiger partial charge in [-0.15, -0.1) is 0 Å². The van der Waals surface area contributed by atoms with Crippen molar-refractivity contribution in [2.75, 3.05) is 29.2 Å². The Bertz CT molecular complexity index is 535. The third-order valence-corrected chi connectivity index (χ3v) is 4.87. The Morgan fingerprint density at radius 2 is 2.28 bits per heavy atom. The van der Waals surface area contributed by atoms with Crippen LogP contribution in [0.3, 0.4) is 0 Å². The Morgan fingerprint density at radius 3 is 2.94 bits per heavy atom. The van der Waals surface area contributed by atoms with E-state index >= 15 is 0 Å². The van der Waals surface area contributed by atoms with Gasteiger partial charge in [0.05, 0.1) is 17.7 Å². The minimum atomic E-state index is -2.95. The van der Waals surface area contributed by atoms with Crippen LogP contribution < -0.4 is 10.6 Å². The summed E-state index contributed by atoms with van der Waals surface area (Å²) in [5, 5.41) is 6.27. The fourth-order valence-corrected chi connectivity index (χ4v) is 3.70. The maximum absolute atomic E-state index is 11.5. The quantitative estimate of drug-likeness (QED) is 0.869. The summed E-state index contributed by atoms with van der Waals surface area (Å²) in [6.07, 6.45) is 2.95. The number of rotatable bonds is 3. The molecule has 1 saturated heterocycles. The predicted molar refractivity (Wildman–Crippen MR) is 71.9 cm³/mol. The first-order valence-corrected chi connectivity index (χ1v) is 7.87. The number of sulfone groups is 1. The molecule has 1 unspecified atom stereocenters. The van der Waals surface area contributed by atoms with Gasteiger partial charge in [0, 0.05) is 13.1 Å². The van der Waals surface area contributed by atoms with E-state index in [-0.39, 0.29) is 17.5 Å². The zero-order chi connectivity index (χ0) is 13.2. The molecule has 1 fully saturated rings. The molecular formula is C10H15ClN4O2S. The molecule has 0 spiro atoms. The molecule has 1 aliphatic rings. The molecule has 2 N–H and O–H groups in total. The lowest BCUT2D eigenvalue weighted by molar-refractivity contribution is 0.561. The molecule has 8 heteroatoms. The Balaban J connectivity index is 2.13. The van der Waals surface area contributed by atoms with E-state index in [4.69, 9.17) is 11.6 Å². The van der Waals surface area contributed by atoms with E-state index in [2.05, 4.69) is 20.6 Å². The Hall–Kier alpha value is -1.08. The van der Waals surface area contributed by atoms with Crippen molar-refractivity contribution < 1.29 is 8.42 Å². The fourth-order valence-electron chi connectivity index (χ4n) is 1.92. The fraction of sp³-hybridized carbons (Fsp3) is 0.600. The highest BCUT2D eigenvalue weighted by molar-refractivity contribution is 7.91. The molecule has 1 aromatic rings. The van der Waals surface area contributed by atoms with Crippen molar-refractivity contribution in [1.29, 1.82) is 0 Å². The van der Waals surface area contributed by atoms with Gasteiger partial charge in [0.2, 0.25) is 5.95 Å². The van der Waals surface area contributed by atoms with Crippen LogP contribution in [0.25, 0.3) is 0 Å². The van der Waals surface area contributed by atoms with Gasteiger partial charge in [-0.1, -0.05) is 11.6 Å². The highest BCUT2D eigenvalue weighted by Gasteiger charge is 2.25. The average molecular weight is 291 g/mol. The summed E-state index contributed by atoms with van der Waals surface area (Å²) in [5.74, 6) is 1.31. The first-order valence-electron chi connectivity index (χ1n) is 5.67. The van der Waals surface area contributed by atoms with E-state index in [9.17, 15) is 8.42 Å². The third-order valence-electron chi connectivity index (χ3n) is 2.77. The van der Waals surface area contributed by atoms with Crippen molar-refractivity contribution in [2.24, 2.45) is 0 Å². The van der Waals surface area contributed by atoms with Crippen molar-refractivity contribution in [2.45, 2.75) is 18.9 Å².